The number of benzene rings is 2. The summed E-state index contributed by atoms with van der Waals surface area (Å²) in [7, 11) is 2.14. The fourth-order valence-electron chi connectivity index (χ4n) is 2.22. The van der Waals surface area contributed by atoms with E-state index in [0.717, 1.165) is 38.3 Å². The molecule has 0 heterocycles. The van der Waals surface area contributed by atoms with E-state index >= 15 is 0 Å². The Morgan fingerprint density at radius 1 is 0.905 bits per heavy atom. The predicted octanol–water partition coefficient (Wildman–Crippen LogP) is 4.00. The van der Waals surface area contributed by atoms with Crippen LogP contribution in [0.3, 0.4) is 0 Å². The number of nitrogens with zero attached hydrogens (tertiary/aromatic N) is 1. The van der Waals surface area contributed by atoms with Crippen LogP contribution >= 0.6 is 0 Å². The zero-order chi connectivity index (χ0) is 14.9. The molecule has 2 aromatic carbocycles. The molecule has 2 rings (SSSR count). The van der Waals surface area contributed by atoms with Gasteiger partial charge in [-0.05, 0) is 49.7 Å². The van der Waals surface area contributed by atoms with Crippen molar-refractivity contribution in [3.05, 3.63) is 65.7 Å². The maximum Gasteiger partial charge on any atom is 0.119 e. The van der Waals surface area contributed by atoms with Crippen LogP contribution < -0.4 is 4.74 Å². The Bertz CT molecular complexity index is 507. The topological polar surface area (TPSA) is 12.5 Å². The summed E-state index contributed by atoms with van der Waals surface area (Å²) in [6.07, 6.45) is 2.04. The average Bonchev–Trinajstić information content (AvgIpc) is 2.54. The zero-order valence-electron chi connectivity index (χ0n) is 13.1. The molecule has 21 heavy (non-hydrogen) atoms. The van der Waals surface area contributed by atoms with Crippen molar-refractivity contribution in [2.45, 2.75) is 19.8 Å². The van der Waals surface area contributed by atoms with E-state index < -0.39 is 0 Å². The minimum Gasteiger partial charge on any atom is -0.494 e. The third kappa shape index (κ3) is 5.60. The van der Waals surface area contributed by atoms with Crippen LogP contribution in [0.2, 0.25) is 0 Å². The highest BCUT2D eigenvalue weighted by Crippen LogP contribution is 2.15. The van der Waals surface area contributed by atoms with Gasteiger partial charge in [-0.1, -0.05) is 49.4 Å². The largest absolute Gasteiger partial charge is 0.494 e. The molecule has 0 aliphatic carbocycles. The summed E-state index contributed by atoms with van der Waals surface area (Å²) in [5, 5.41) is 0. The molecule has 0 unspecified atom stereocenters. The fraction of sp³-hybridized carbons (Fsp3) is 0.368. The Kier molecular flexibility index (Phi) is 6.29. The second-order valence-electron chi connectivity index (χ2n) is 5.40. The van der Waals surface area contributed by atoms with Gasteiger partial charge in [-0.25, -0.2) is 0 Å². The van der Waals surface area contributed by atoms with Gasteiger partial charge in [0.05, 0.1) is 6.61 Å². The molecule has 0 aromatic heterocycles. The summed E-state index contributed by atoms with van der Waals surface area (Å²) >= 11 is 0. The SMILES string of the molecule is CCN(C)CCCOc1ccc(Cc2ccccc2)cc1. The van der Waals surface area contributed by atoms with Crippen LogP contribution in [0.15, 0.2) is 54.6 Å². The molecule has 0 aliphatic rings. The molecule has 0 aliphatic heterocycles. The summed E-state index contributed by atoms with van der Waals surface area (Å²) in [6, 6.07) is 19.0. The first-order valence-corrected chi connectivity index (χ1v) is 7.72. The first-order valence-electron chi connectivity index (χ1n) is 7.72. The smallest absolute Gasteiger partial charge is 0.119 e. The minimum absolute atomic E-state index is 0.780. The summed E-state index contributed by atoms with van der Waals surface area (Å²) in [4.78, 5) is 2.30. The molecule has 2 aromatic rings. The molecule has 2 nitrogen and oxygen atoms in total. The van der Waals surface area contributed by atoms with Crippen molar-refractivity contribution in [3.63, 3.8) is 0 Å². The lowest BCUT2D eigenvalue weighted by Crippen LogP contribution is -2.20. The Morgan fingerprint density at radius 3 is 2.24 bits per heavy atom. The Morgan fingerprint density at radius 2 is 1.57 bits per heavy atom. The lowest BCUT2D eigenvalue weighted by Gasteiger charge is -2.13. The summed E-state index contributed by atoms with van der Waals surface area (Å²) in [5.41, 5.74) is 2.66. The van der Waals surface area contributed by atoms with Gasteiger partial charge in [-0.15, -0.1) is 0 Å². The number of ether oxygens (including phenoxy) is 1. The molecule has 0 radical (unpaired) electrons. The monoisotopic (exact) mass is 283 g/mol. The van der Waals surface area contributed by atoms with E-state index in [0.29, 0.717) is 0 Å². The van der Waals surface area contributed by atoms with Crippen LogP contribution in [0.25, 0.3) is 0 Å². The third-order valence-corrected chi connectivity index (χ3v) is 3.67. The lowest BCUT2D eigenvalue weighted by molar-refractivity contribution is 0.268. The molecule has 2 heteroatoms. The molecule has 112 valence electrons. The van der Waals surface area contributed by atoms with E-state index in [9.17, 15) is 0 Å². The first kappa shape index (κ1) is 15.6. The van der Waals surface area contributed by atoms with Gasteiger partial charge in [0.1, 0.15) is 5.75 Å². The minimum atomic E-state index is 0.780. The number of hydrogen-bond acceptors (Lipinski definition) is 2. The Labute approximate surface area is 128 Å². The van der Waals surface area contributed by atoms with Crippen molar-refractivity contribution < 1.29 is 4.74 Å². The lowest BCUT2D eigenvalue weighted by atomic mass is 10.1. The first-order chi connectivity index (χ1) is 10.3. The second-order valence-corrected chi connectivity index (χ2v) is 5.40. The molecule has 0 fully saturated rings. The van der Waals surface area contributed by atoms with Crippen molar-refractivity contribution >= 4 is 0 Å². The quantitative estimate of drug-likeness (QED) is 0.679. The maximum atomic E-state index is 5.78. The van der Waals surface area contributed by atoms with Crippen LogP contribution in [0.5, 0.6) is 5.75 Å². The molecule has 0 spiro atoms. The molecular weight excluding hydrogens is 258 g/mol. The van der Waals surface area contributed by atoms with Crippen molar-refractivity contribution in [1.29, 1.82) is 0 Å². The van der Waals surface area contributed by atoms with Gasteiger partial charge in [0.15, 0.2) is 0 Å². The van der Waals surface area contributed by atoms with Crippen molar-refractivity contribution in [2.75, 3.05) is 26.7 Å². The number of hydrogen-bond donors (Lipinski definition) is 0. The second kappa shape index (κ2) is 8.48. The normalized spacial score (nSPS) is 10.8. The molecule has 0 saturated carbocycles. The average molecular weight is 283 g/mol. The zero-order valence-corrected chi connectivity index (χ0v) is 13.1. The Hall–Kier alpha value is -1.80. The van der Waals surface area contributed by atoms with E-state index in [1.54, 1.807) is 0 Å². The van der Waals surface area contributed by atoms with Gasteiger partial charge in [-0.2, -0.15) is 0 Å². The van der Waals surface area contributed by atoms with Crippen molar-refractivity contribution in [1.82, 2.24) is 4.90 Å². The highest BCUT2D eigenvalue weighted by molar-refractivity contribution is 5.31. The highest BCUT2D eigenvalue weighted by atomic mass is 16.5. The highest BCUT2D eigenvalue weighted by Gasteiger charge is 1.99. The van der Waals surface area contributed by atoms with Gasteiger partial charge < -0.3 is 9.64 Å². The molecule has 0 atom stereocenters. The van der Waals surface area contributed by atoms with Crippen LogP contribution in [0.1, 0.15) is 24.5 Å². The van der Waals surface area contributed by atoms with Gasteiger partial charge >= 0.3 is 0 Å². The van der Waals surface area contributed by atoms with Crippen LogP contribution in [-0.4, -0.2) is 31.6 Å². The molecule has 0 amide bonds. The van der Waals surface area contributed by atoms with E-state index in [4.69, 9.17) is 4.74 Å². The van der Waals surface area contributed by atoms with E-state index in [1.807, 2.05) is 0 Å². The predicted molar refractivity (Wildman–Crippen MR) is 89.0 cm³/mol. The van der Waals surface area contributed by atoms with Crippen LogP contribution in [0, 0.1) is 0 Å². The number of rotatable bonds is 8. The van der Waals surface area contributed by atoms with Crippen LogP contribution in [-0.2, 0) is 6.42 Å². The summed E-state index contributed by atoms with van der Waals surface area (Å²) < 4.78 is 5.78. The van der Waals surface area contributed by atoms with E-state index in [2.05, 4.69) is 73.5 Å². The molecule has 0 saturated heterocycles. The molecule has 0 N–H and O–H groups in total. The van der Waals surface area contributed by atoms with E-state index in [1.165, 1.54) is 11.1 Å². The van der Waals surface area contributed by atoms with Gasteiger partial charge in [0, 0.05) is 6.54 Å². The maximum absolute atomic E-state index is 5.78. The summed E-state index contributed by atoms with van der Waals surface area (Å²) in [5.74, 6) is 0.964. The molecular formula is C19H25NO. The van der Waals surface area contributed by atoms with E-state index in [-0.39, 0.29) is 0 Å². The van der Waals surface area contributed by atoms with Gasteiger partial charge in [-0.3, -0.25) is 0 Å². The summed E-state index contributed by atoms with van der Waals surface area (Å²) in [6.45, 7) is 5.13. The van der Waals surface area contributed by atoms with Crippen molar-refractivity contribution in [3.8, 4) is 5.75 Å². The Balaban J connectivity index is 1.77. The van der Waals surface area contributed by atoms with Crippen molar-refractivity contribution in [2.24, 2.45) is 0 Å². The van der Waals surface area contributed by atoms with Crippen LogP contribution in [0.4, 0.5) is 0 Å². The fourth-order valence-corrected chi connectivity index (χ4v) is 2.22. The van der Waals surface area contributed by atoms with Gasteiger partial charge in [0.2, 0.25) is 0 Å². The standard InChI is InChI=1S/C19H25NO/c1-3-20(2)14-7-15-21-19-12-10-18(11-13-19)16-17-8-5-4-6-9-17/h4-6,8-13H,3,7,14-16H2,1-2H3. The molecule has 0 bridgehead atoms. The van der Waals surface area contributed by atoms with Gasteiger partial charge in [0.25, 0.3) is 0 Å². The third-order valence-electron chi connectivity index (χ3n) is 3.67.